The van der Waals surface area contributed by atoms with Crippen molar-refractivity contribution in [3.63, 3.8) is 0 Å². The molecule has 0 radical (unpaired) electrons. The van der Waals surface area contributed by atoms with E-state index in [-0.39, 0.29) is 19.5 Å². The van der Waals surface area contributed by atoms with E-state index in [4.69, 9.17) is 0 Å². The summed E-state index contributed by atoms with van der Waals surface area (Å²) in [6.45, 7) is 14.9. The maximum atomic E-state index is 12.9. The largest absolute Gasteiger partial charge is 0.289 e. The summed E-state index contributed by atoms with van der Waals surface area (Å²) in [5.41, 5.74) is 7.17. The Morgan fingerprint density at radius 1 is 0.870 bits per heavy atom. The van der Waals surface area contributed by atoms with Crippen LogP contribution >= 0.6 is 8.58 Å². The van der Waals surface area contributed by atoms with Gasteiger partial charge in [0, 0.05) is 5.56 Å². The van der Waals surface area contributed by atoms with Gasteiger partial charge in [-0.25, -0.2) is 0 Å². The first-order chi connectivity index (χ1) is 10.6. The first-order valence-corrected chi connectivity index (χ1v) is 9.10. The second kappa shape index (κ2) is 6.57. The van der Waals surface area contributed by atoms with E-state index in [1.54, 1.807) is 0 Å². The zero-order valence-electron chi connectivity index (χ0n) is 15.3. The van der Waals surface area contributed by atoms with Crippen molar-refractivity contribution in [3.8, 4) is 0 Å². The van der Waals surface area contributed by atoms with Gasteiger partial charge >= 0.3 is 0 Å². The number of carbonyl (C=O) groups excluding carboxylic acids is 1. The fourth-order valence-corrected chi connectivity index (χ4v) is 4.09. The molecular weight excluding hydrogens is 299 g/mol. The van der Waals surface area contributed by atoms with Gasteiger partial charge in [0.2, 0.25) is 0 Å². The number of benzene rings is 2. The van der Waals surface area contributed by atoms with Gasteiger partial charge in [0.1, 0.15) is 0 Å². The molecule has 0 N–H and O–H groups in total. The molecule has 23 heavy (non-hydrogen) atoms. The third-order valence-electron chi connectivity index (χ3n) is 4.26. The van der Waals surface area contributed by atoms with E-state index in [1.807, 2.05) is 0 Å². The average Bonchev–Trinajstić information content (AvgIpc) is 2.40. The van der Waals surface area contributed by atoms with Crippen molar-refractivity contribution < 1.29 is 4.79 Å². The molecule has 0 saturated heterocycles. The van der Waals surface area contributed by atoms with Crippen molar-refractivity contribution >= 4 is 19.4 Å². The lowest BCUT2D eigenvalue weighted by molar-refractivity contribution is 0.108. The van der Waals surface area contributed by atoms with E-state index >= 15 is 0 Å². The summed E-state index contributed by atoms with van der Waals surface area (Å²) < 4.78 is 0. The van der Waals surface area contributed by atoms with Gasteiger partial charge in [-0.2, -0.15) is 0 Å². The number of aryl methyl sites for hydroxylation is 4. The van der Waals surface area contributed by atoms with E-state index < -0.39 is 0 Å². The van der Waals surface area contributed by atoms with Gasteiger partial charge in [-0.3, -0.25) is 4.79 Å². The lowest BCUT2D eigenvalue weighted by Crippen LogP contribution is -2.14. The van der Waals surface area contributed by atoms with E-state index in [1.165, 1.54) is 16.7 Å². The highest BCUT2D eigenvalue weighted by Gasteiger charge is 2.19. The SMILES string of the molecule is Cc1ccc(PC(=O)c2c(C)cc(C(C)(C)C)cc2C)c(C)c1. The maximum absolute atomic E-state index is 12.9. The van der Waals surface area contributed by atoms with Gasteiger partial charge in [-0.1, -0.05) is 56.7 Å². The van der Waals surface area contributed by atoms with Gasteiger partial charge in [-0.05, 0) is 69.2 Å². The summed E-state index contributed by atoms with van der Waals surface area (Å²) in [5, 5.41) is 1.15. The minimum absolute atomic E-state index is 0.104. The lowest BCUT2D eigenvalue weighted by atomic mass is 9.84. The molecule has 0 spiro atoms. The first-order valence-electron chi connectivity index (χ1n) is 8.10. The van der Waals surface area contributed by atoms with Gasteiger partial charge < -0.3 is 0 Å². The van der Waals surface area contributed by atoms with Crippen molar-refractivity contribution in [2.45, 2.75) is 53.9 Å². The third-order valence-corrected chi connectivity index (χ3v) is 5.56. The summed E-state index contributed by atoms with van der Waals surface area (Å²) in [5.74, 6) is 0. The second-order valence-electron chi connectivity index (χ2n) is 7.51. The number of hydrogen-bond acceptors (Lipinski definition) is 1. The minimum atomic E-state index is 0.104. The number of hydrogen-bond donors (Lipinski definition) is 0. The molecule has 1 nitrogen and oxygen atoms in total. The summed E-state index contributed by atoms with van der Waals surface area (Å²) in [6.07, 6.45) is 0. The van der Waals surface area contributed by atoms with Crippen LogP contribution in [0.15, 0.2) is 30.3 Å². The fraction of sp³-hybridized carbons (Fsp3) is 0.381. The molecule has 0 aliphatic heterocycles. The molecule has 0 aliphatic carbocycles. The molecule has 2 heteroatoms. The predicted molar refractivity (Wildman–Crippen MR) is 103 cm³/mol. The Hall–Kier alpha value is -1.46. The van der Waals surface area contributed by atoms with Crippen molar-refractivity contribution in [1.82, 2.24) is 0 Å². The molecule has 122 valence electrons. The van der Waals surface area contributed by atoms with Crippen molar-refractivity contribution in [2.24, 2.45) is 0 Å². The highest BCUT2D eigenvalue weighted by atomic mass is 31.1. The van der Waals surface area contributed by atoms with Crippen LogP contribution in [0.2, 0.25) is 0 Å². The van der Waals surface area contributed by atoms with Crippen molar-refractivity contribution in [1.29, 1.82) is 0 Å². The van der Waals surface area contributed by atoms with Gasteiger partial charge in [0.05, 0.1) is 0 Å². The van der Waals surface area contributed by atoms with Crippen LogP contribution in [0, 0.1) is 27.7 Å². The summed E-state index contributed by atoms with van der Waals surface area (Å²) in [7, 11) is 0.188. The molecule has 2 aromatic rings. The normalized spacial score (nSPS) is 12.1. The molecule has 0 heterocycles. The Kier molecular flexibility index (Phi) is 5.11. The molecular formula is C21H27OP. The van der Waals surface area contributed by atoms with E-state index in [2.05, 4.69) is 78.8 Å². The Morgan fingerprint density at radius 3 is 1.91 bits per heavy atom. The smallest absolute Gasteiger partial charge is 0.186 e. The van der Waals surface area contributed by atoms with Crippen LogP contribution in [0.3, 0.4) is 0 Å². The van der Waals surface area contributed by atoms with E-state index in [0.717, 1.165) is 22.0 Å². The van der Waals surface area contributed by atoms with Crippen molar-refractivity contribution in [3.05, 3.63) is 63.7 Å². The molecule has 0 saturated carbocycles. The minimum Gasteiger partial charge on any atom is -0.289 e. The molecule has 0 fully saturated rings. The van der Waals surface area contributed by atoms with E-state index in [9.17, 15) is 4.79 Å². The molecule has 2 aromatic carbocycles. The Morgan fingerprint density at radius 2 is 1.43 bits per heavy atom. The van der Waals surface area contributed by atoms with Gasteiger partial charge in [-0.15, -0.1) is 0 Å². The summed E-state index contributed by atoms with van der Waals surface area (Å²) >= 11 is 0. The topological polar surface area (TPSA) is 17.1 Å². The Bertz CT molecular complexity index is 728. The molecule has 1 unspecified atom stereocenters. The standard InChI is InChI=1S/C21H27OP/c1-13-8-9-18(14(2)10-13)23-20(22)19-15(3)11-17(12-16(19)4)21(5,6)7/h8-12,23H,1-7H3. The Balaban J connectivity index is 2.36. The first kappa shape index (κ1) is 17.9. The van der Waals surface area contributed by atoms with Crippen LogP contribution in [0.25, 0.3) is 0 Å². The van der Waals surface area contributed by atoms with E-state index in [0.29, 0.717) is 0 Å². The molecule has 2 rings (SSSR count). The molecule has 0 aliphatic rings. The Labute approximate surface area is 142 Å². The quantitative estimate of drug-likeness (QED) is 0.694. The summed E-state index contributed by atoms with van der Waals surface area (Å²) in [6, 6.07) is 10.7. The fourth-order valence-electron chi connectivity index (χ4n) is 2.89. The van der Waals surface area contributed by atoms with Crippen LogP contribution in [-0.4, -0.2) is 5.52 Å². The van der Waals surface area contributed by atoms with Crippen molar-refractivity contribution in [2.75, 3.05) is 0 Å². The predicted octanol–water partition coefficient (Wildman–Crippen LogP) is 5.36. The highest BCUT2D eigenvalue weighted by Crippen LogP contribution is 2.30. The molecule has 0 amide bonds. The monoisotopic (exact) mass is 326 g/mol. The molecule has 0 bridgehead atoms. The third kappa shape index (κ3) is 4.09. The van der Waals surface area contributed by atoms with Crippen LogP contribution in [0.1, 0.15) is 58.9 Å². The molecule has 1 atom stereocenters. The van der Waals surface area contributed by atoms with Crippen LogP contribution in [-0.2, 0) is 5.41 Å². The highest BCUT2D eigenvalue weighted by molar-refractivity contribution is 7.66. The van der Waals surface area contributed by atoms with Crippen LogP contribution in [0.4, 0.5) is 0 Å². The van der Waals surface area contributed by atoms with Crippen LogP contribution < -0.4 is 5.30 Å². The summed E-state index contributed by atoms with van der Waals surface area (Å²) in [4.78, 5) is 12.9. The second-order valence-corrected chi connectivity index (χ2v) is 8.75. The number of rotatable bonds is 3. The lowest BCUT2D eigenvalue weighted by Gasteiger charge is -2.22. The maximum Gasteiger partial charge on any atom is 0.186 e. The van der Waals surface area contributed by atoms with Gasteiger partial charge in [0.15, 0.2) is 5.52 Å². The molecule has 0 aromatic heterocycles. The zero-order valence-corrected chi connectivity index (χ0v) is 16.3. The van der Waals surface area contributed by atoms with Crippen LogP contribution in [0.5, 0.6) is 0 Å². The number of carbonyl (C=O) groups is 1. The zero-order chi connectivity index (χ0) is 17.4. The van der Waals surface area contributed by atoms with Gasteiger partial charge in [0.25, 0.3) is 0 Å². The average molecular weight is 326 g/mol.